The van der Waals surface area contributed by atoms with E-state index in [1.54, 1.807) is 6.92 Å². The van der Waals surface area contributed by atoms with Crippen LogP contribution in [0.1, 0.15) is 39.5 Å². The lowest BCUT2D eigenvalue weighted by Gasteiger charge is -2.44. The highest BCUT2D eigenvalue weighted by molar-refractivity contribution is 6.00. The molecule has 25 heavy (non-hydrogen) atoms. The highest BCUT2D eigenvalue weighted by atomic mass is 16.7. The fourth-order valence-corrected chi connectivity index (χ4v) is 2.76. The van der Waals surface area contributed by atoms with E-state index in [-0.39, 0.29) is 18.1 Å². The second kappa shape index (κ2) is 9.74. The van der Waals surface area contributed by atoms with Crippen LogP contribution in [0.5, 0.6) is 0 Å². The molecule has 0 aromatic rings. The van der Waals surface area contributed by atoms with Crippen molar-refractivity contribution < 1.29 is 38.4 Å². The van der Waals surface area contributed by atoms with Gasteiger partial charge in [0.2, 0.25) is 5.76 Å². The van der Waals surface area contributed by atoms with Gasteiger partial charge in [-0.2, -0.15) is 0 Å². The molecule has 0 amide bonds. The predicted molar refractivity (Wildman–Crippen MR) is 87.4 cm³/mol. The molecule has 3 atom stereocenters. The van der Waals surface area contributed by atoms with Gasteiger partial charge in [0.1, 0.15) is 30.2 Å². The summed E-state index contributed by atoms with van der Waals surface area (Å²) < 4.78 is 25.7. The molecule has 0 saturated carbocycles. The third kappa shape index (κ3) is 4.71. The molecule has 0 bridgehead atoms. The third-order valence-corrected chi connectivity index (χ3v) is 4.29. The van der Waals surface area contributed by atoms with Crippen molar-refractivity contribution in [1.29, 1.82) is 0 Å². The second-order valence-corrected chi connectivity index (χ2v) is 5.97. The maximum absolute atomic E-state index is 12.1. The molecule has 0 aromatic carbocycles. The fraction of sp³-hybridized carbons (Fsp3) is 0.765. The van der Waals surface area contributed by atoms with Gasteiger partial charge in [-0.25, -0.2) is 9.59 Å². The molecular weight excluding hydrogens is 332 g/mol. The van der Waals surface area contributed by atoms with Crippen LogP contribution in [0.2, 0.25) is 0 Å². The number of ether oxygens (including phenoxy) is 5. The number of aliphatic hydroxyl groups excluding tert-OH is 1. The SMILES string of the molecule is CCCCC[C@H]1OC(C(=O)OC)=C(C(=O)OC)[C@H](O)[C@]1(C)OCOC. The summed E-state index contributed by atoms with van der Waals surface area (Å²) >= 11 is 0. The van der Waals surface area contributed by atoms with E-state index >= 15 is 0 Å². The number of unbranched alkanes of at least 4 members (excludes halogenated alkanes) is 2. The molecule has 1 rings (SSSR count). The van der Waals surface area contributed by atoms with Crippen LogP contribution in [0, 0.1) is 0 Å². The topological polar surface area (TPSA) is 101 Å². The molecule has 144 valence electrons. The lowest BCUT2D eigenvalue weighted by atomic mass is 9.82. The van der Waals surface area contributed by atoms with Crippen molar-refractivity contribution in [1.82, 2.24) is 0 Å². The van der Waals surface area contributed by atoms with Crippen LogP contribution in [0.15, 0.2) is 11.3 Å². The number of hydrogen-bond donors (Lipinski definition) is 1. The van der Waals surface area contributed by atoms with E-state index in [4.69, 9.17) is 14.2 Å². The Morgan fingerprint density at radius 1 is 1.16 bits per heavy atom. The van der Waals surface area contributed by atoms with Gasteiger partial charge in [0.15, 0.2) is 0 Å². The number of rotatable bonds is 9. The molecule has 0 unspecified atom stereocenters. The van der Waals surface area contributed by atoms with Gasteiger partial charge in [-0.15, -0.1) is 0 Å². The minimum Gasteiger partial charge on any atom is -0.480 e. The molecule has 8 heteroatoms. The Morgan fingerprint density at radius 2 is 1.80 bits per heavy atom. The van der Waals surface area contributed by atoms with Crippen LogP contribution in [0.4, 0.5) is 0 Å². The molecule has 1 N–H and O–H groups in total. The van der Waals surface area contributed by atoms with Crippen LogP contribution in [-0.2, 0) is 33.3 Å². The number of hydrogen-bond acceptors (Lipinski definition) is 8. The van der Waals surface area contributed by atoms with Gasteiger partial charge in [-0.3, -0.25) is 0 Å². The van der Waals surface area contributed by atoms with Gasteiger partial charge in [0.05, 0.1) is 14.2 Å². The van der Waals surface area contributed by atoms with E-state index in [0.29, 0.717) is 6.42 Å². The average molecular weight is 360 g/mol. The Balaban J connectivity index is 3.31. The summed E-state index contributed by atoms with van der Waals surface area (Å²) in [6.07, 6.45) is 1.19. The average Bonchev–Trinajstić information content (AvgIpc) is 2.62. The molecule has 0 spiro atoms. The highest BCUT2D eigenvalue weighted by Crippen LogP contribution is 2.38. The summed E-state index contributed by atoms with van der Waals surface area (Å²) in [5, 5.41) is 10.8. The predicted octanol–water partition coefficient (Wildman–Crippen LogP) is 1.31. The van der Waals surface area contributed by atoms with Crippen molar-refractivity contribution in [3.63, 3.8) is 0 Å². The van der Waals surface area contributed by atoms with Crippen LogP contribution in [-0.4, -0.2) is 63.0 Å². The molecule has 0 saturated heterocycles. The minimum atomic E-state index is -1.44. The number of aliphatic hydroxyl groups is 1. The van der Waals surface area contributed by atoms with Crippen LogP contribution in [0.25, 0.3) is 0 Å². The molecule has 0 radical (unpaired) electrons. The monoisotopic (exact) mass is 360 g/mol. The zero-order chi connectivity index (χ0) is 19.0. The smallest absolute Gasteiger partial charge is 0.374 e. The number of methoxy groups -OCH3 is 3. The van der Waals surface area contributed by atoms with Gasteiger partial charge in [-0.05, 0) is 19.8 Å². The molecule has 0 fully saturated rings. The van der Waals surface area contributed by atoms with Crippen LogP contribution in [0.3, 0.4) is 0 Å². The lowest BCUT2D eigenvalue weighted by Crippen LogP contribution is -2.58. The first kappa shape index (κ1) is 21.4. The van der Waals surface area contributed by atoms with E-state index in [9.17, 15) is 14.7 Å². The summed E-state index contributed by atoms with van der Waals surface area (Å²) in [7, 11) is 3.77. The second-order valence-electron chi connectivity index (χ2n) is 5.97. The van der Waals surface area contributed by atoms with Gasteiger partial charge in [0, 0.05) is 7.11 Å². The summed E-state index contributed by atoms with van der Waals surface area (Å²) in [5.41, 5.74) is -1.61. The van der Waals surface area contributed by atoms with Crippen molar-refractivity contribution in [2.75, 3.05) is 28.1 Å². The summed E-state index contributed by atoms with van der Waals surface area (Å²) in [6, 6.07) is 0. The number of esters is 2. The summed E-state index contributed by atoms with van der Waals surface area (Å²) in [6.45, 7) is 3.57. The van der Waals surface area contributed by atoms with E-state index < -0.39 is 29.7 Å². The number of carbonyl (C=O) groups is 2. The van der Waals surface area contributed by atoms with E-state index in [1.807, 2.05) is 0 Å². The molecule has 8 nitrogen and oxygen atoms in total. The quantitative estimate of drug-likeness (QED) is 0.373. The largest absolute Gasteiger partial charge is 0.480 e. The standard InChI is InChI=1S/C17H28O8/c1-6-7-8-9-11-17(2,24-10-21-3)14(18)12(15(19)22-4)13(25-11)16(20)23-5/h11,14,18H,6-10H2,1-5H3/t11-,14+,17-/m1/s1. The van der Waals surface area contributed by atoms with E-state index in [2.05, 4.69) is 16.4 Å². The molecule has 0 aromatic heterocycles. The van der Waals surface area contributed by atoms with Gasteiger partial charge in [-0.1, -0.05) is 19.8 Å². The van der Waals surface area contributed by atoms with Crippen molar-refractivity contribution >= 4 is 11.9 Å². The Morgan fingerprint density at radius 3 is 2.32 bits per heavy atom. The van der Waals surface area contributed by atoms with Crippen LogP contribution >= 0.6 is 0 Å². The Hall–Kier alpha value is -1.64. The first-order chi connectivity index (χ1) is 11.9. The fourth-order valence-electron chi connectivity index (χ4n) is 2.76. The molecule has 1 aliphatic rings. The molecule has 1 heterocycles. The van der Waals surface area contributed by atoms with Crippen LogP contribution < -0.4 is 0 Å². The minimum absolute atomic E-state index is 0.108. The lowest BCUT2D eigenvalue weighted by molar-refractivity contribution is -0.222. The van der Waals surface area contributed by atoms with Crippen molar-refractivity contribution in [2.45, 2.75) is 57.3 Å². The van der Waals surface area contributed by atoms with Crippen molar-refractivity contribution in [3.05, 3.63) is 11.3 Å². The zero-order valence-electron chi connectivity index (χ0n) is 15.5. The van der Waals surface area contributed by atoms with Gasteiger partial charge < -0.3 is 28.8 Å². The highest BCUT2D eigenvalue weighted by Gasteiger charge is 2.53. The Kier molecular flexibility index (Phi) is 8.34. The normalized spacial score (nSPS) is 26.2. The first-order valence-electron chi connectivity index (χ1n) is 8.25. The molecular formula is C17H28O8. The maximum atomic E-state index is 12.1. The van der Waals surface area contributed by atoms with Crippen molar-refractivity contribution in [3.8, 4) is 0 Å². The Bertz CT molecular complexity index is 501. The maximum Gasteiger partial charge on any atom is 0.374 e. The van der Waals surface area contributed by atoms with Gasteiger partial charge in [0.25, 0.3) is 0 Å². The summed E-state index contributed by atoms with van der Waals surface area (Å²) in [5.74, 6) is -2.08. The van der Waals surface area contributed by atoms with E-state index in [1.165, 1.54) is 14.2 Å². The molecule has 1 aliphatic heterocycles. The first-order valence-corrected chi connectivity index (χ1v) is 8.25. The zero-order valence-corrected chi connectivity index (χ0v) is 15.5. The Labute approximate surface area is 148 Å². The number of carbonyl (C=O) groups excluding carboxylic acids is 2. The van der Waals surface area contributed by atoms with Gasteiger partial charge >= 0.3 is 11.9 Å². The summed E-state index contributed by atoms with van der Waals surface area (Å²) in [4.78, 5) is 24.2. The third-order valence-electron chi connectivity index (χ3n) is 4.29. The molecule has 0 aliphatic carbocycles. The van der Waals surface area contributed by atoms with E-state index in [0.717, 1.165) is 26.4 Å². The van der Waals surface area contributed by atoms with Crippen molar-refractivity contribution in [2.24, 2.45) is 0 Å².